The van der Waals surface area contributed by atoms with Gasteiger partial charge in [-0.25, -0.2) is 0 Å². The van der Waals surface area contributed by atoms with Crippen molar-refractivity contribution in [3.05, 3.63) is 29.6 Å². The quantitative estimate of drug-likeness (QED) is 0.882. The molecular formula is C13H18Cl2F3N3O. The van der Waals surface area contributed by atoms with Crippen molar-refractivity contribution in [3.8, 4) is 0 Å². The Morgan fingerprint density at radius 2 is 2.05 bits per heavy atom. The number of amides is 1. The fraction of sp³-hybridized carbons (Fsp3) is 0.538. The van der Waals surface area contributed by atoms with E-state index in [2.05, 4.69) is 4.98 Å². The number of carbonyl (C=O) groups is 1. The zero-order valence-electron chi connectivity index (χ0n) is 11.9. The molecule has 1 aromatic rings. The molecule has 0 aliphatic carbocycles. The van der Waals surface area contributed by atoms with Gasteiger partial charge in [0, 0.05) is 19.3 Å². The Hall–Kier alpha value is -1.05. The van der Waals surface area contributed by atoms with Gasteiger partial charge in [-0.1, -0.05) is 6.92 Å². The summed E-state index contributed by atoms with van der Waals surface area (Å²) in [5.74, 6) is -0.302. The van der Waals surface area contributed by atoms with Crippen molar-refractivity contribution in [2.24, 2.45) is 11.1 Å². The number of aromatic nitrogens is 1. The third-order valence-electron chi connectivity index (χ3n) is 3.64. The van der Waals surface area contributed by atoms with Crippen molar-refractivity contribution >= 4 is 30.7 Å². The number of rotatable bonds is 2. The first-order valence-electron chi connectivity index (χ1n) is 6.28. The molecule has 0 saturated carbocycles. The van der Waals surface area contributed by atoms with Crippen LogP contribution in [-0.4, -0.2) is 35.4 Å². The van der Waals surface area contributed by atoms with Gasteiger partial charge in [0.25, 0.3) is 5.91 Å². The second-order valence-corrected chi connectivity index (χ2v) is 5.42. The molecule has 0 radical (unpaired) electrons. The molecule has 0 spiro atoms. The van der Waals surface area contributed by atoms with Crippen LogP contribution in [0.3, 0.4) is 0 Å². The summed E-state index contributed by atoms with van der Waals surface area (Å²) in [6, 6.07) is 1.99. The summed E-state index contributed by atoms with van der Waals surface area (Å²) in [4.78, 5) is 17.1. The number of carbonyl (C=O) groups excluding carboxylic acids is 1. The number of hydrogen-bond acceptors (Lipinski definition) is 3. The summed E-state index contributed by atoms with van der Waals surface area (Å²) in [7, 11) is 0. The van der Waals surface area contributed by atoms with Gasteiger partial charge in [-0.2, -0.15) is 13.2 Å². The van der Waals surface area contributed by atoms with Crippen LogP contribution in [0.1, 0.15) is 29.4 Å². The van der Waals surface area contributed by atoms with E-state index in [1.807, 2.05) is 6.92 Å². The fourth-order valence-electron chi connectivity index (χ4n) is 2.23. The Labute approximate surface area is 139 Å². The summed E-state index contributed by atoms with van der Waals surface area (Å²) >= 11 is 0. The van der Waals surface area contributed by atoms with E-state index in [0.29, 0.717) is 19.6 Å². The standard InChI is InChI=1S/C13H16F3N3O.2ClH/c1-12(7-17)4-5-19(8-12)11(20)9-2-3-10(18-6-9)13(14,15)16;;/h2-3,6H,4-5,7-8,17H2,1H3;2*1H. The van der Waals surface area contributed by atoms with Gasteiger partial charge in [-0.15, -0.1) is 24.8 Å². The Kier molecular flexibility index (Phi) is 7.12. The van der Waals surface area contributed by atoms with Gasteiger partial charge in [-0.3, -0.25) is 9.78 Å². The molecule has 2 heterocycles. The number of alkyl halides is 3. The third-order valence-corrected chi connectivity index (χ3v) is 3.64. The zero-order valence-corrected chi connectivity index (χ0v) is 13.5. The summed E-state index contributed by atoms with van der Waals surface area (Å²) in [6.07, 6.45) is -2.72. The van der Waals surface area contributed by atoms with Crippen LogP contribution in [-0.2, 0) is 6.18 Å². The average Bonchev–Trinajstić information content (AvgIpc) is 2.80. The van der Waals surface area contributed by atoms with E-state index in [1.54, 1.807) is 4.90 Å². The lowest BCUT2D eigenvalue weighted by atomic mass is 9.90. The van der Waals surface area contributed by atoms with Gasteiger partial charge in [0.05, 0.1) is 5.56 Å². The highest BCUT2D eigenvalue weighted by Crippen LogP contribution is 2.30. The Morgan fingerprint density at radius 1 is 1.41 bits per heavy atom. The zero-order chi connectivity index (χ0) is 15.0. The van der Waals surface area contributed by atoms with E-state index in [9.17, 15) is 18.0 Å². The van der Waals surface area contributed by atoms with Crippen molar-refractivity contribution in [2.45, 2.75) is 19.5 Å². The molecule has 22 heavy (non-hydrogen) atoms. The minimum Gasteiger partial charge on any atom is -0.338 e. The van der Waals surface area contributed by atoms with E-state index in [4.69, 9.17) is 5.73 Å². The number of pyridine rings is 1. The van der Waals surface area contributed by atoms with E-state index in [0.717, 1.165) is 24.8 Å². The predicted molar refractivity (Wildman–Crippen MR) is 81.4 cm³/mol. The molecule has 1 aliphatic rings. The van der Waals surface area contributed by atoms with Gasteiger partial charge in [0.2, 0.25) is 0 Å². The topological polar surface area (TPSA) is 59.2 Å². The molecule has 4 nitrogen and oxygen atoms in total. The second kappa shape index (κ2) is 7.48. The van der Waals surface area contributed by atoms with Crippen molar-refractivity contribution in [3.63, 3.8) is 0 Å². The molecule has 0 bridgehead atoms. The first-order chi connectivity index (χ1) is 9.25. The molecule has 1 aliphatic heterocycles. The van der Waals surface area contributed by atoms with Crippen LogP contribution in [0.15, 0.2) is 18.3 Å². The molecule has 2 rings (SSSR count). The Bertz CT molecular complexity index is 510. The maximum atomic E-state index is 12.4. The van der Waals surface area contributed by atoms with Crippen molar-refractivity contribution in [1.82, 2.24) is 9.88 Å². The SMILES string of the molecule is CC1(CN)CCN(C(=O)c2ccc(C(F)(F)F)nc2)C1.Cl.Cl. The Morgan fingerprint density at radius 3 is 2.45 bits per heavy atom. The molecule has 1 atom stereocenters. The summed E-state index contributed by atoms with van der Waals surface area (Å²) < 4.78 is 37.2. The molecule has 1 saturated heterocycles. The average molecular weight is 360 g/mol. The highest BCUT2D eigenvalue weighted by molar-refractivity contribution is 5.94. The first kappa shape index (κ1) is 20.9. The number of hydrogen-bond donors (Lipinski definition) is 1. The number of nitrogens with zero attached hydrogens (tertiary/aromatic N) is 2. The van der Waals surface area contributed by atoms with Crippen molar-refractivity contribution in [1.29, 1.82) is 0 Å². The predicted octanol–water partition coefficient (Wildman–Crippen LogP) is 2.75. The maximum Gasteiger partial charge on any atom is 0.433 e. The first-order valence-corrected chi connectivity index (χ1v) is 6.28. The van der Waals surface area contributed by atoms with Crippen LogP contribution < -0.4 is 5.73 Å². The van der Waals surface area contributed by atoms with E-state index < -0.39 is 11.9 Å². The van der Waals surface area contributed by atoms with Crippen LogP contribution in [0.25, 0.3) is 0 Å². The van der Waals surface area contributed by atoms with Gasteiger partial charge >= 0.3 is 6.18 Å². The van der Waals surface area contributed by atoms with Gasteiger partial charge < -0.3 is 10.6 Å². The van der Waals surface area contributed by atoms with Gasteiger partial charge in [0.15, 0.2) is 0 Å². The monoisotopic (exact) mass is 359 g/mol. The minimum atomic E-state index is -4.49. The van der Waals surface area contributed by atoms with E-state index >= 15 is 0 Å². The van der Waals surface area contributed by atoms with Gasteiger partial charge in [-0.05, 0) is 30.5 Å². The number of halogens is 5. The molecule has 9 heteroatoms. The molecule has 2 N–H and O–H groups in total. The number of likely N-dealkylation sites (tertiary alicyclic amines) is 1. The van der Waals surface area contributed by atoms with Crippen LogP contribution in [0.2, 0.25) is 0 Å². The van der Waals surface area contributed by atoms with E-state index in [1.165, 1.54) is 0 Å². The molecular weight excluding hydrogens is 342 g/mol. The lowest BCUT2D eigenvalue weighted by molar-refractivity contribution is -0.141. The molecule has 126 valence electrons. The largest absolute Gasteiger partial charge is 0.433 e. The molecule has 1 unspecified atom stereocenters. The minimum absolute atomic E-state index is 0. The molecule has 0 aromatic carbocycles. The fourth-order valence-corrected chi connectivity index (χ4v) is 2.23. The molecule has 1 fully saturated rings. The van der Waals surface area contributed by atoms with Crippen molar-refractivity contribution < 1.29 is 18.0 Å². The second-order valence-electron chi connectivity index (χ2n) is 5.42. The highest BCUT2D eigenvalue weighted by Gasteiger charge is 2.36. The van der Waals surface area contributed by atoms with Crippen LogP contribution >= 0.6 is 24.8 Å². The highest BCUT2D eigenvalue weighted by atomic mass is 35.5. The normalized spacial score (nSPS) is 21.0. The van der Waals surface area contributed by atoms with Crippen LogP contribution in [0, 0.1) is 5.41 Å². The summed E-state index contributed by atoms with van der Waals surface area (Å²) in [5, 5.41) is 0. The lowest BCUT2D eigenvalue weighted by Crippen LogP contribution is -2.34. The third kappa shape index (κ3) is 4.47. The van der Waals surface area contributed by atoms with Crippen LogP contribution in [0.4, 0.5) is 13.2 Å². The number of nitrogens with two attached hydrogens (primary N) is 1. The maximum absolute atomic E-state index is 12.4. The van der Waals surface area contributed by atoms with Gasteiger partial charge in [0.1, 0.15) is 5.69 Å². The van der Waals surface area contributed by atoms with E-state index in [-0.39, 0.29) is 41.7 Å². The lowest BCUT2D eigenvalue weighted by Gasteiger charge is -2.22. The Balaban J connectivity index is 0.00000220. The van der Waals surface area contributed by atoms with Crippen LogP contribution in [0.5, 0.6) is 0 Å². The summed E-state index contributed by atoms with van der Waals surface area (Å²) in [5.41, 5.74) is 4.71. The van der Waals surface area contributed by atoms with Crippen molar-refractivity contribution in [2.75, 3.05) is 19.6 Å². The smallest absolute Gasteiger partial charge is 0.338 e. The molecule has 1 amide bonds. The molecule has 1 aromatic heterocycles. The summed E-state index contributed by atoms with van der Waals surface area (Å²) in [6.45, 7) is 3.55.